The third-order valence-electron chi connectivity index (χ3n) is 3.01. The molecule has 21 heavy (non-hydrogen) atoms. The number of allylic oxidation sites excluding steroid dienone is 4. The van der Waals surface area contributed by atoms with Crippen molar-refractivity contribution >= 4 is 6.03 Å². The Morgan fingerprint density at radius 3 is 2.67 bits per heavy atom. The molecule has 0 rings (SSSR count). The van der Waals surface area contributed by atoms with Gasteiger partial charge in [-0.1, -0.05) is 50.1 Å². The molecule has 0 aliphatic carbocycles. The average Bonchev–Trinajstić information content (AvgIpc) is 2.45. The summed E-state index contributed by atoms with van der Waals surface area (Å²) in [5.41, 5.74) is 0.765. The fourth-order valence-electron chi connectivity index (χ4n) is 1.78. The molecule has 0 aromatic heterocycles. The maximum atomic E-state index is 12.0. The Hall–Kier alpha value is -2.21. The molecule has 0 radical (unpaired) electrons. The van der Waals surface area contributed by atoms with E-state index in [4.69, 9.17) is 6.42 Å². The molecule has 0 spiro atoms. The molecule has 3 heteroatoms. The second kappa shape index (κ2) is 11.6. The van der Waals surface area contributed by atoms with Crippen LogP contribution in [0.25, 0.3) is 0 Å². The first-order valence-corrected chi connectivity index (χ1v) is 7.23. The second-order valence-corrected chi connectivity index (χ2v) is 4.76. The zero-order chi connectivity index (χ0) is 16.1. The van der Waals surface area contributed by atoms with E-state index in [0.29, 0.717) is 0 Å². The van der Waals surface area contributed by atoms with E-state index in [-0.39, 0.29) is 18.0 Å². The number of carbonyl (C=O) groups excluding carboxylic acids is 1. The van der Waals surface area contributed by atoms with E-state index in [0.717, 1.165) is 25.0 Å². The van der Waals surface area contributed by atoms with Crippen LogP contribution in [-0.4, -0.2) is 12.1 Å². The van der Waals surface area contributed by atoms with Gasteiger partial charge in [0.25, 0.3) is 0 Å². The Kier molecular flexibility index (Phi) is 10.4. The number of hydrogen-bond donors (Lipinski definition) is 2. The molecule has 0 aromatic rings. The summed E-state index contributed by atoms with van der Waals surface area (Å²) in [4.78, 5) is 12.0. The van der Waals surface area contributed by atoms with Gasteiger partial charge < -0.3 is 10.6 Å². The summed E-state index contributed by atoms with van der Waals surface area (Å²) in [5, 5.41) is 5.70. The van der Waals surface area contributed by atoms with Crippen molar-refractivity contribution in [2.24, 2.45) is 5.92 Å². The number of rotatable bonds is 9. The number of amides is 2. The van der Waals surface area contributed by atoms with Crippen LogP contribution in [0.2, 0.25) is 0 Å². The number of carbonyl (C=O) groups is 1. The Labute approximate surface area is 128 Å². The minimum absolute atomic E-state index is 0.0458. The van der Waals surface area contributed by atoms with Crippen LogP contribution in [0.15, 0.2) is 49.2 Å². The maximum absolute atomic E-state index is 12.0. The van der Waals surface area contributed by atoms with Crippen molar-refractivity contribution in [3.05, 3.63) is 49.2 Å². The van der Waals surface area contributed by atoms with Crippen LogP contribution in [0.4, 0.5) is 4.79 Å². The molecule has 1 unspecified atom stereocenters. The molecular weight excluding hydrogens is 260 g/mol. The van der Waals surface area contributed by atoms with Crippen molar-refractivity contribution in [3.8, 4) is 12.3 Å². The largest absolute Gasteiger partial charge is 0.335 e. The standard InChI is InChI=1S/C18H26N2O/c1-6-10-13-16(9-4)15(5)19-18(21)20-17(12-8-3)14-11-7-2/h3,6,9-10,12-13,15-16H,1,4,7,11,14H2,2,5H3,(H2,19,20,21)/b13-10?,17-12+/t15-,16?/m0/s1. The number of urea groups is 1. The normalized spacial score (nSPS) is 14.0. The molecule has 2 atom stereocenters. The van der Waals surface area contributed by atoms with E-state index in [1.807, 2.05) is 19.1 Å². The van der Waals surface area contributed by atoms with Crippen molar-refractivity contribution in [1.82, 2.24) is 10.6 Å². The summed E-state index contributed by atoms with van der Waals surface area (Å²) in [7, 11) is 0. The monoisotopic (exact) mass is 286 g/mol. The first kappa shape index (κ1) is 18.8. The molecule has 0 bridgehead atoms. The topological polar surface area (TPSA) is 41.1 Å². The first-order chi connectivity index (χ1) is 10.1. The van der Waals surface area contributed by atoms with Crippen LogP contribution in [-0.2, 0) is 0 Å². The summed E-state index contributed by atoms with van der Waals surface area (Å²) >= 11 is 0. The van der Waals surface area contributed by atoms with Gasteiger partial charge >= 0.3 is 6.03 Å². The molecule has 0 saturated carbocycles. The molecule has 0 heterocycles. The predicted octanol–water partition coefficient (Wildman–Crippen LogP) is 3.93. The van der Waals surface area contributed by atoms with Gasteiger partial charge in [-0.2, -0.15) is 0 Å². The van der Waals surface area contributed by atoms with Crippen LogP contribution in [0.3, 0.4) is 0 Å². The lowest BCUT2D eigenvalue weighted by atomic mass is 10.0. The zero-order valence-corrected chi connectivity index (χ0v) is 13.1. The van der Waals surface area contributed by atoms with Crippen molar-refractivity contribution in [2.75, 3.05) is 0 Å². The maximum Gasteiger partial charge on any atom is 0.319 e. The summed E-state index contributed by atoms with van der Waals surface area (Å²) in [6.07, 6.45) is 16.9. The highest BCUT2D eigenvalue weighted by molar-refractivity contribution is 5.76. The molecule has 3 nitrogen and oxygen atoms in total. The summed E-state index contributed by atoms with van der Waals surface area (Å²) in [6.45, 7) is 11.4. The second-order valence-electron chi connectivity index (χ2n) is 4.76. The van der Waals surface area contributed by atoms with Gasteiger partial charge in [-0.3, -0.25) is 0 Å². The smallest absolute Gasteiger partial charge is 0.319 e. The summed E-state index contributed by atoms with van der Waals surface area (Å²) < 4.78 is 0. The summed E-state index contributed by atoms with van der Waals surface area (Å²) in [5.74, 6) is 2.50. The molecule has 0 aromatic carbocycles. The lowest BCUT2D eigenvalue weighted by molar-refractivity contribution is 0.238. The van der Waals surface area contributed by atoms with Crippen molar-refractivity contribution in [1.29, 1.82) is 0 Å². The lowest BCUT2D eigenvalue weighted by Gasteiger charge is -2.20. The highest BCUT2D eigenvalue weighted by Crippen LogP contribution is 2.08. The van der Waals surface area contributed by atoms with Gasteiger partial charge in [0.15, 0.2) is 0 Å². The first-order valence-electron chi connectivity index (χ1n) is 7.23. The van der Waals surface area contributed by atoms with Crippen LogP contribution < -0.4 is 10.6 Å². The van der Waals surface area contributed by atoms with E-state index in [2.05, 4.69) is 36.6 Å². The Morgan fingerprint density at radius 1 is 1.43 bits per heavy atom. The molecule has 2 N–H and O–H groups in total. The Bertz CT molecular complexity index is 441. The fourth-order valence-corrected chi connectivity index (χ4v) is 1.78. The van der Waals surface area contributed by atoms with Gasteiger partial charge in [0.05, 0.1) is 0 Å². The molecule has 114 valence electrons. The highest BCUT2D eigenvalue weighted by Gasteiger charge is 2.14. The van der Waals surface area contributed by atoms with Crippen molar-refractivity contribution < 1.29 is 4.79 Å². The van der Waals surface area contributed by atoms with Crippen molar-refractivity contribution in [2.45, 2.75) is 39.2 Å². The third kappa shape index (κ3) is 8.54. The van der Waals surface area contributed by atoms with Gasteiger partial charge in [0.2, 0.25) is 0 Å². The van der Waals surface area contributed by atoms with Gasteiger partial charge in [0.1, 0.15) is 0 Å². The number of terminal acetylenes is 1. The Morgan fingerprint density at radius 2 is 2.14 bits per heavy atom. The van der Waals surface area contributed by atoms with Gasteiger partial charge in [-0.25, -0.2) is 4.79 Å². The van der Waals surface area contributed by atoms with Crippen LogP contribution in [0.1, 0.15) is 33.1 Å². The van der Waals surface area contributed by atoms with E-state index in [1.54, 1.807) is 18.2 Å². The average molecular weight is 286 g/mol. The quantitative estimate of drug-likeness (QED) is 0.376. The molecule has 2 amide bonds. The molecular formula is C18H26N2O. The summed E-state index contributed by atoms with van der Waals surface area (Å²) in [6, 6.07) is -0.323. The van der Waals surface area contributed by atoms with Crippen LogP contribution in [0, 0.1) is 18.3 Å². The lowest BCUT2D eigenvalue weighted by Crippen LogP contribution is -2.43. The van der Waals surface area contributed by atoms with Gasteiger partial charge in [-0.05, 0) is 19.8 Å². The zero-order valence-electron chi connectivity index (χ0n) is 13.1. The molecule has 0 aliphatic heterocycles. The minimum atomic E-state index is -0.251. The Balaban J connectivity index is 4.55. The van der Waals surface area contributed by atoms with E-state index >= 15 is 0 Å². The van der Waals surface area contributed by atoms with E-state index in [1.165, 1.54) is 0 Å². The molecule has 0 aliphatic rings. The fraction of sp³-hybridized carbons (Fsp3) is 0.389. The number of hydrogen-bond acceptors (Lipinski definition) is 1. The van der Waals surface area contributed by atoms with Crippen molar-refractivity contribution in [3.63, 3.8) is 0 Å². The van der Waals surface area contributed by atoms with Gasteiger partial charge in [0, 0.05) is 23.7 Å². The highest BCUT2D eigenvalue weighted by atomic mass is 16.2. The third-order valence-corrected chi connectivity index (χ3v) is 3.01. The number of unbranched alkanes of at least 4 members (excludes halogenated alkanes) is 1. The van der Waals surface area contributed by atoms with Crippen LogP contribution >= 0.6 is 0 Å². The van der Waals surface area contributed by atoms with E-state index in [9.17, 15) is 4.79 Å². The van der Waals surface area contributed by atoms with E-state index < -0.39 is 0 Å². The minimum Gasteiger partial charge on any atom is -0.335 e. The number of nitrogens with one attached hydrogen (secondary N) is 2. The molecule has 0 saturated heterocycles. The molecule has 0 fully saturated rings. The predicted molar refractivity (Wildman–Crippen MR) is 90.6 cm³/mol. The van der Waals surface area contributed by atoms with Crippen LogP contribution in [0.5, 0.6) is 0 Å². The SMILES string of the molecule is C#C/C=C(\CCCC)NC(=O)N[C@@H](C)C(C=C)C=CC=C. The van der Waals surface area contributed by atoms with Gasteiger partial charge in [-0.15, -0.1) is 13.0 Å².